The number of hydrogen-bond donors (Lipinski definition) is 2. The number of anilines is 1. The van der Waals surface area contributed by atoms with Crippen molar-refractivity contribution < 1.29 is 4.74 Å². The molecule has 5 nitrogen and oxygen atoms in total. The van der Waals surface area contributed by atoms with Gasteiger partial charge in [-0.15, -0.1) is 0 Å². The first-order valence-electron chi connectivity index (χ1n) is 7.75. The number of rotatable bonds is 4. The molecular weight excluding hydrogens is 252 g/mol. The average molecular weight is 276 g/mol. The predicted octanol–water partition coefficient (Wildman–Crippen LogP) is 2.12. The van der Waals surface area contributed by atoms with Crippen LogP contribution < -0.4 is 15.4 Å². The molecule has 0 bridgehead atoms. The molecule has 20 heavy (non-hydrogen) atoms. The van der Waals surface area contributed by atoms with Crippen molar-refractivity contribution in [3.05, 3.63) is 11.3 Å². The molecule has 1 aliphatic heterocycles. The van der Waals surface area contributed by atoms with Crippen LogP contribution >= 0.6 is 0 Å². The molecule has 3 rings (SSSR count). The second-order valence-electron chi connectivity index (χ2n) is 5.80. The van der Waals surface area contributed by atoms with Crippen LogP contribution in [0.2, 0.25) is 0 Å². The topological polar surface area (TPSA) is 59.1 Å². The zero-order chi connectivity index (χ0) is 13.8. The van der Waals surface area contributed by atoms with Gasteiger partial charge in [-0.1, -0.05) is 19.3 Å². The zero-order valence-electron chi connectivity index (χ0n) is 12.2. The van der Waals surface area contributed by atoms with Gasteiger partial charge in [-0.25, -0.2) is 0 Å². The van der Waals surface area contributed by atoms with Crippen molar-refractivity contribution in [2.24, 2.45) is 5.92 Å². The largest absolute Gasteiger partial charge is 0.467 e. The Labute approximate surface area is 120 Å². The van der Waals surface area contributed by atoms with Crippen LogP contribution in [0.3, 0.4) is 0 Å². The maximum Gasteiger partial charge on any atom is 0.318 e. The van der Waals surface area contributed by atoms with E-state index in [0.717, 1.165) is 43.5 Å². The van der Waals surface area contributed by atoms with Gasteiger partial charge in [0.2, 0.25) is 0 Å². The summed E-state index contributed by atoms with van der Waals surface area (Å²) < 4.78 is 5.22. The van der Waals surface area contributed by atoms with E-state index >= 15 is 0 Å². The third-order valence-corrected chi connectivity index (χ3v) is 4.38. The van der Waals surface area contributed by atoms with Crippen LogP contribution in [-0.4, -0.2) is 30.2 Å². The van der Waals surface area contributed by atoms with Crippen LogP contribution in [0.5, 0.6) is 6.01 Å². The van der Waals surface area contributed by atoms with Crippen LogP contribution in [0.1, 0.15) is 43.4 Å². The molecule has 0 aromatic carbocycles. The molecule has 0 atom stereocenters. The molecule has 1 fully saturated rings. The number of nitrogens with zero attached hydrogens (tertiary/aromatic N) is 2. The Morgan fingerprint density at radius 2 is 2.10 bits per heavy atom. The van der Waals surface area contributed by atoms with E-state index < -0.39 is 0 Å². The molecule has 0 saturated heterocycles. The normalized spacial score (nSPS) is 19.4. The fraction of sp³-hybridized carbons (Fsp3) is 0.733. The molecule has 110 valence electrons. The van der Waals surface area contributed by atoms with Gasteiger partial charge < -0.3 is 15.4 Å². The lowest BCUT2D eigenvalue weighted by atomic mass is 9.89. The third-order valence-electron chi connectivity index (χ3n) is 4.38. The highest BCUT2D eigenvalue weighted by Crippen LogP contribution is 2.26. The van der Waals surface area contributed by atoms with Gasteiger partial charge in [-0.2, -0.15) is 9.97 Å². The lowest BCUT2D eigenvalue weighted by molar-refractivity contribution is 0.369. The van der Waals surface area contributed by atoms with E-state index in [-0.39, 0.29) is 0 Å². The molecule has 2 aliphatic rings. The quantitative estimate of drug-likeness (QED) is 0.882. The maximum absolute atomic E-state index is 5.22. The van der Waals surface area contributed by atoms with Gasteiger partial charge in [0.25, 0.3) is 0 Å². The van der Waals surface area contributed by atoms with Crippen LogP contribution in [0.25, 0.3) is 0 Å². The van der Waals surface area contributed by atoms with E-state index in [1.807, 2.05) is 0 Å². The summed E-state index contributed by atoms with van der Waals surface area (Å²) in [4.78, 5) is 8.97. The Balaban J connectivity index is 1.73. The van der Waals surface area contributed by atoms with Gasteiger partial charge in [-0.3, -0.25) is 0 Å². The van der Waals surface area contributed by atoms with E-state index in [2.05, 4.69) is 20.6 Å². The molecule has 2 heterocycles. The van der Waals surface area contributed by atoms with Crippen molar-refractivity contribution in [1.29, 1.82) is 0 Å². The van der Waals surface area contributed by atoms with Crippen molar-refractivity contribution in [2.45, 2.75) is 45.1 Å². The minimum atomic E-state index is 0.471. The summed E-state index contributed by atoms with van der Waals surface area (Å²) in [5.74, 6) is 1.78. The van der Waals surface area contributed by atoms with Crippen LogP contribution in [-0.2, 0) is 13.0 Å². The van der Waals surface area contributed by atoms with Crippen molar-refractivity contribution in [1.82, 2.24) is 15.3 Å². The summed E-state index contributed by atoms with van der Waals surface area (Å²) in [6.07, 6.45) is 7.84. The summed E-state index contributed by atoms with van der Waals surface area (Å²) in [6.45, 7) is 2.84. The molecule has 0 radical (unpaired) electrons. The van der Waals surface area contributed by atoms with Crippen LogP contribution in [0.15, 0.2) is 0 Å². The molecule has 1 aliphatic carbocycles. The number of fused-ring (bicyclic) bond motifs is 1. The Morgan fingerprint density at radius 3 is 2.90 bits per heavy atom. The van der Waals surface area contributed by atoms with Gasteiger partial charge in [0.1, 0.15) is 5.82 Å². The lowest BCUT2D eigenvalue weighted by Gasteiger charge is -2.24. The van der Waals surface area contributed by atoms with Crippen molar-refractivity contribution in [2.75, 3.05) is 25.5 Å². The van der Waals surface area contributed by atoms with Crippen molar-refractivity contribution >= 4 is 5.82 Å². The first-order valence-corrected chi connectivity index (χ1v) is 7.75. The standard InChI is InChI=1S/C15H24N4O/c1-20-15-18-13-10-16-8-7-12(13)14(19-15)17-9-11-5-3-2-4-6-11/h11,16H,2-10H2,1H3,(H,17,18,19). The van der Waals surface area contributed by atoms with Gasteiger partial charge >= 0.3 is 6.01 Å². The lowest BCUT2D eigenvalue weighted by Crippen LogP contribution is -2.27. The predicted molar refractivity (Wildman–Crippen MR) is 79.1 cm³/mol. The molecule has 1 saturated carbocycles. The van der Waals surface area contributed by atoms with Gasteiger partial charge in [0, 0.05) is 18.7 Å². The van der Waals surface area contributed by atoms with Crippen LogP contribution in [0, 0.1) is 5.92 Å². The third kappa shape index (κ3) is 3.03. The molecule has 0 spiro atoms. The summed E-state index contributed by atoms with van der Waals surface area (Å²) in [5, 5.41) is 6.91. The Kier molecular flexibility index (Phi) is 4.35. The number of ether oxygens (including phenoxy) is 1. The second kappa shape index (κ2) is 6.39. The first kappa shape index (κ1) is 13.6. The molecule has 0 amide bonds. The minimum Gasteiger partial charge on any atom is -0.467 e. The first-order chi connectivity index (χ1) is 9.86. The number of aromatic nitrogens is 2. The summed E-state index contributed by atoms with van der Waals surface area (Å²) in [6, 6.07) is 0.471. The van der Waals surface area contributed by atoms with E-state index in [0.29, 0.717) is 6.01 Å². The highest BCUT2D eigenvalue weighted by atomic mass is 16.5. The number of nitrogens with one attached hydrogen (secondary N) is 2. The molecular formula is C15H24N4O. The molecule has 1 aromatic heterocycles. The van der Waals surface area contributed by atoms with Gasteiger partial charge in [0.15, 0.2) is 0 Å². The Bertz CT molecular complexity index is 457. The van der Waals surface area contributed by atoms with Crippen LogP contribution in [0.4, 0.5) is 5.82 Å². The van der Waals surface area contributed by atoms with Crippen molar-refractivity contribution in [3.8, 4) is 6.01 Å². The minimum absolute atomic E-state index is 0.471. The molecule has 5 heteroatoms. The maximum atomic E-state index is 5.22. The SMILES string of the molecule is COc1nc2c(c(NCC3CCCCC3)n1)CCNC2. The van der Waals surface area contributed by atoms with E-state index in [9.17, 15) is 0 Å². The van der Waals surface area contributed by atoms with Gasteiger partial charge in [-0.05, 0) is 31.7 Å². The molecule has 1 aromatic rings. The van der Waals surface area contributed by atoms with E-state index in [1.54, 1.807) is 7.11 Å². The summed E-state index contributed by atoms with van der Waals surface area (Å²) in [7, 11) is 1.63. The second-order valence-corrected chi connectivity index (χ2v) is 5.80. The van der Waals surface area contributed by atoms with Gasteiger partial charge in [0.05, 0.1) is 12.8 Å². The Hall–Kier alpha value is -1.36. The monoisotopic (exact) mass is 276 g/mol. The van der Waals surface area contributed by atoms with E-state index in [1.165, 1.54) is 37.7 Å². The highest BCUT2D eigenvalue weighted by molar-refractivity contribution is 5.48. The number of hydrogen-bond acceptors (Lipinski definition) is 5. The zero-order valence-corrected chi connectivity index (χ0v) is 12.2. The fourth-order valence-corrected chi connectivity index (χ4v) is 3.21. The highest BCUT2D eigenvalue weighted by Gasteiger charge is 2.19. The van der Waals surface area contributed by atoms with Crippen molar-refractivity contribution in [3.63, 3.8) is 0 Å². The average Bonchev–Trinajstić information content (AvgIpc) is 2.53. The molecule has 2 N–H and O–H groups in total. The van der Waals surface area contributed by atoms with E-state index in [4.69, 9.17) is 4.74 Å². The fourth-order valence-electron chi connectivity index (χ4n) is 3.21. The summed E-state index contributed by atoms with van der Waals surface area (Å²) in [5.41, 5.74) is 2.34. The summed E-state index contributed by atoms with van der Waals surface area (Å²) >= 11 is 0. The smallest absolute Gasteiger partial charge is 0.318 e. The molecule has 0 unspecified atom stereocenters. The Morgan fingerprint density at radius 1 is 1.25 bits per heavy atom. The number of methoxy groups -OCH3 is 1.